The number of amides is 1. The molecule has 35 heavy (non-hydrogen) atoms. The molecule has 1 heterocycles. The van der Waals surface area contributed by atoms with Gasteiger partial charge in [0, 0.05) is 10.6 Å². The molecule has 10 heteroatoms. The molecule has 0 aliphatic rings. The van der Waals surface area contributed by atoms with Gasteiger partial charge in [-0.3, -0.25) is 4.79 Å². The van der Waals surface area contributed by atoms with E-state index in [1.54, 1.807) is 18.2 Å². The average molecular weight is 530 g/mol. The smallest absolute Gasteiger partial charge is 0.257 e. The number of oxazole rings is 1. The van der Waals surface area contributed by atoms with Crippen molar-refractivity contribution >= 4 is 58.2 Å². The number of hydrogen-bond donors (Lipinski definition) is 1. The van der Waals surface area contributed by atoms with Crippen LogP contribution >= 0.6 is 35.0 Å². The average Bonchev–Trinajstić information content (AvgIpc) is 3.27. The van der Waals surface area contributed by atoms with E-state index in [1.807, 2.05) is 49.4 Å². The number of hydrogen-bond acceptors (Lipinski definition) is 7. The van der Waals surface area contributed by atoms with Crippen molar-refractivity contribution in [3.8, 4) is 11.5 Å². The van der Waals surface area contributed by atoms with Crippen LogP contribution in [0.1, 0.15) is 18.1 Å². The Morgan fingerprint density at radius 2 is 1.91 bits per heavy atom. The number of ether oxygens (including phenoxy) is 2. The molecule has 1 aromatic heterocycles. The van der Waals surface area contributed by atoms with Gasteiger partial charge in [-0.15, -0.1) is 0 Å². The van der Waals surface area contributed by atoms with Crippen LogP contribution in [0.15, 0.2) is 75.4 Å². The van der Waals surface area contributed by atoms with E-state index in [0.29, 0.717) is 44.5 Å². The van der Waals surface area contributed by atoms with E-state index >= 15 is 0 Å². The van der Waals surface area contributed by atoms with Crippen LogP contribution in [-0.2, 0) is 11.4 Å². The molecule has 0 saturated heterocycles. The molecule has 0 saturated carbocycles. The molecule has 0 aliphatic carbocycles. The number of carbonyl (C=O) groups is 1. The Kier molecular flexibility index (Phi) is 8.52. The lowest BCUT2D eigenvalue weighted by atomic mass is 10.2. The number of halogens is 2. The summed E-state index contributed by atoms with van der Waals surface area (Å²) in [5.41, 5.74) is 5.37. The number of nitrogens with zero attached hydrogens (tertiary/aromatic N) is 2. The number of fused-ring (bicyclic) bond motifs is 1. The summed E-state index contributed by atoms with van der Waals surface area (Å²) in [6, 6.07) is 18.2. The molecule has 0 fully saturated rings. The van der Waals surface area contributed by atoms with Gasteiger partial charge in [-0.25, -0.2) is 10.4 Å². The third-order valence-corrected chi connectivity index (χ3v) is 6.14. The zero-order valence-corrected chi connectivity index (χ0v) is 21.0. The van der Waals surface area contributed by atoms with Gasteiger partial charge in [-0.2, -0.15) is 5.10 Å². The Hall–Kier alpha value is -3.20. The lowest BCUT2D eigenvalue weighted by Crippen LogP contribution is -2.19. The van der Waals surface area contributed by atoms with E-state index < -0.39 is 0 Å². The number of benzene rings is 3. The first-order valence-corrected chi connectivity index (χ1v) is 12.4. The van der Waals surface area contributed by atoms with Crippen molar-refractivity contribution in [2.75, 3.05) is 12.4 Å². The van der Waals surface area contributed by atoms with E-state index in [4.69, 9.17) is 37.1 Å². The highest BCUT2D eigenvalue weighted by Crippen LogP contribution is 2.37. The second kappa shape index (κ2) is 12.0. The highest BCUT2D eigenvalue weighted by atomic mass is 35.5. The quantitative estimate of drug-likeness (QED) is 0.146. The van der Waals surface area contributed by atoms with Crippen LogP contribution in [0.3, 0.4) is 0 Å². The summed E-state index contributed by atoms with van der Waals surface area (Å²) in [5.74, 6) is 0.671. The lowest BCUT2D eigenvalue weighted by molar-refractivity contribution is -0.118. The summed E-state index contributed by atoms with van der Waals surface area (Å²) in [6.45, 7) is 2.52. The first-order chi connectivity index (χ1) is 17.0. The van der Waals surface area contributed by atoms with Crippen molar-refractivity contribution in [3.05, 3.63) is 81.8 Å². The van der Waals surface area contributed by atoms with Gasteiger partial charge in [-0.1, -0.05) is 65.3 Å². The molecule has 0 spiro atoms. The maximum absolute atomic E-state index is 12.2. The monoisotopic (exact) mass is 529 g/mol. The van der Waals surface area contributed by atoms with Gasteiger partial charge >= 0.3 is 0 Å². The minimum Gasteiger partial charge on any atom is -0.490 e. The van der Waals surface area contributed by atoms with Crippen molar-refractivity contribution in [2.24, 2.45) is 5.10 Å². The van der Waals surface area contributed by atoms with Gasteiger partial charge in [0.2, 0.25) is 0 Å². The maximum Gasteiger partial charge on any atom is 0.257 e. The topological polar surface area (TPSA) is 86.0 Å². The number of carbonyl (C=O) groups excluding carboxylic acids is 1. The van der Waals surface area contributed by atoms with Gasteiger partial charge in [0.25, 0.3) is 11.1 Å². The van der Waals surface area contributed by atoms with Crippen LogP contribution in [0.4, 0.5) is 0 Å². The van der Waals surface area contributed by atoms with Crippen LogP contribution in [0.5, 0.6) is 11.5 Å². The van der Waals surface area contributed by atoms with Crippen molar-refractivity contribution < 1.29 is 18.7 Å². The highest BCUT2D eigenvalue weighted by Gasteiger charge is 2.14. The first-order valence-electron chi connectivity index (χ1n) is 10.7. The Labute approximate surface area is 216 Å². The molecule has 0 atom stereocenters. The molecular formula is C25H21Cl2N3O4S. The number of nitrogens with one attached hydrogen (secondary N) is 1. The molecule has 4 rings (SSSR count). The van der Waals surface area contributed by atoms with E-state index in [-0.39, 0.29) is 18.3 Å². The predicted molar refractivity (Wildman–Crippen MR) is 139 cm³/mol. The third-order valence-electron chi connectivity index (χ3n) is 4.67. The van der Waals surface area contributed by atoms with Crippen molar-refractivity contribution in [1.29, 1.82) is 0 Å². The molecule has 4 aromatic rings. The second-order valence-corrected chi connectivity index (χ2v) is 8.91. The first kappa shape index (κ1) is 24.9. The summed E-state index contributed by atoms with van der Waals surface area (Å²) in [4.78, 5) is 16.5. The van der Waals surface area contributed by atoms with Gasteiger partial charge in [0.15, 0.2) is 17.1 Å². The largest absolute Gasteiger partial charge is 0.490 e. The number of aromatic nitrogens is 1. The fourth-order valence-electron chi connectivity index (χ4n) is 3.08. The predicted octanol–water partition coefficient (Wildman–Crippen LogP) is 6.35. The number of rotatable bonds is 10. The molecule has 180 valence electrons. The SMILES string of the molecule is CCOc1cc(/C=N\NC(=O)CSc2nc3ccccc3o2)cc(Cl)c1OCc1ccccc1Cl. The van der Waals surface area contributed by atoms with Crippen molar-refractivity contribution in [1.82, 2.24) is 10.4 Å². The Morgan fingerprint density at radius 1 is 1.11 bits per heavy atom. The van der Waals surface area contributed by atoms with E-state index in [0.717, 1.165) is 11.1 Å². The lowest BCUT2D eigenvalue weighted by Gasteiger charge is -2.15. The van der Waals surface area contributed by atoms with Gasteiger partial charge in [-0.05, 0) is 42.8 Å². The summed E-state index contributed by atoms with van der Waals surface area (Å²) in [5, 5.41) is 5.39. The molecule has 7 nitrogen and oxygen atoms in total. The Bertz CT molecular complexity index is 1330. The van der Waals surface area contributed by atoms with E-state index in [9.17, 15) is 4.79 Å². The van der Waals surface area contributed by atoms with E-state index in [2.05, 4.69) is 15.5 Å². The Morgan fingerprint density at radius 3 is 2.71 bits per heavy atom. The number of thioether (sulfide) groups is 1. The molecule has 0 aliphatic heterocycles. The van der Waals surface area contributed by atoms with Gasteiger partial charge < -0.3 is 13.9 Å². The van der Waals surface area contributed by atoms with E-state index in [1.165, 1.54) is 18.0 Å². The summed E-state index contributed by atoms with van der Waals surface area (Å²) < 4.78 is 17.2. The second-order valence-electron chi connectivity index (χ2n) is 7.17. The summed E-state index contributed by atoms with van der Waals surface area (Å²) in [6.07, 6.45) is 1.48. The maximum atomic E-state index is 12.2. The standard InChI is InChI=1S/C25H21Cl2N3O4S/c1-2-32-22-12-16(11-19(27)24(22)33-14-17-7-3-4-8-18(17)26)13-28-30-23(31)15-35-25-29-20-9-5-6-10-21(20)34-25/h3-13H,2,14-15H2,1H3,(H,30,31)/b28-13-. The minimum absolute atomic E-state index is 0.101. The van der Waals surface area contributed by atoms with Crippen LogP contribution < -0.4 is 14.9 Å². The molecule has 0 bridgehead atoms. The minimum atomic E-state index is -0.302. The van der Waals surface area contributed by atoms with Gasteiger partial charge in [0.05, 0.1) is 23.6 Å². The number of para-hydroxylation sites is 2. The van der Waals surface area contributed by atoms with Crippen molar-refractivity contribution in [2.45, 2.75) is 18.8 Å². The third kappa shape index (κ3) is 6.69. The zero-order valence-electron chi connectivity index (χ0n) is 18.7. The molecular weight excluding hydrogens is 509 g/mol. The fourth-order valence-corrected chi connectivity index (χ4v) is 4.18. The molecule has 0 radical (unpaired) electrons. The van der Waals surface area contributed by atoms with Crippen LogP contribution in [-0.4, -0.2) is 29.5 Å². The molecule has 1 amide bonds. The number of hydrazone groups is 1. The highest BCUT2D eigenvalue weighted by molar-refractivity contribution is 7.99. The van der Waals surface area contributed by atoms with Crippen molar-refractivity contribution in [3.63, 3.8) is 0 Å². The normalized spacial score (nSPS) is 11.2. The van der Waals surface area contributed by atoms with Crippen LogP contribution in [0, 0.1) is 0 Å². The molecule has 1 N–H and O–H groups in total. The van der Waals surface area contributed by atoms with Crippen LogP contribution in [0.2, 0.25) is 10.0 Å². The molecule has 3 aromatic carbocycles. The van der Waals surface area contributed by atoms with Gasteiger partial charge in [0.1, 0.15) is 12.1 Å². The Balaban J connectivity index is 1.36. The fraction of sp³-hybridized carbons (Fsp3) is 0.160. The summed E-state index contributed by atoms with van der Waals surface area (Å²) >= 11 is 13.9. The molecule has 0 unspecified atom stereocenters. The zero-order chi connectivity index (χ0) is 24.6. The summed E-state index contributed by atoms with van der Waals surface area (Å²) in [7, 11) is 0. The van der Waals surface area contributed by atoms with Crippen LogP contribution in [0.25, 0.3) is 11.1 Å².